The molecule has 0 saturated heterocycles. The van der Waals surface area contributed by atoms with E-state index in [1.165, 1.54) is 35.4 Å². The van der Waals surface area contributed by atoms with Crippen LogP contribution < -0.4 is 10.2 Å². The number of non-ortho nitro benzene ring substituents is 1. The smallest absolute Gasteiger partial charge is 0.308 e. The Morgan fingerprint density at radius 1 is 1.22 bits per heavy atom. The molecular weight excluding hydrogens is 294 g/mol. The van der Waals surface area contributed by atoms with E-state index in [1.54, 1.807) is 4.90 Å². The number of amides is 2. The summed E-state index contributed by atoms with van der Waals surface area (Å²) in [6, 6.07) is 11.7. The molecule has 0 aromatic heterocycles. The number of carbonyl (C=O) groups is 1. The molecule has 1 N–H and O–H groups in total. The molecule has 6 heteroatoms. The predicted molar refractivity (Wildman–Crippen MR) is 89.0 cm³/mol. The van der Waals surface area contributed by atoms with E-state index in [0.29, 0.717) is 12.2 Å². The molecule has 0 atom stereocenters. The highest BCUT2D eigenvalue weighted by Crippen LogP contribution is 2.28. The van der Waals surface area contributed by atoms with Crippen molar-refractivity contribution in [1.29, 1.82) is 0 Å². The zero-order valence-electron chi connectivity index (χ0n) is 12.8. The molecule has 0 spiro atoms. The average molecular weight is 311 g/mol. The largest absolute Gasteiger partial charge is 0.326 e. The van der Waals surface area contributed by atoms with E-state index in [-0.39, 0.29) is 11.7 Å². The molecule has 1 aliphatic heterocycles. The van der Waals surface area contributed by atoms with Crippen LogP contribution in [0, 0.1) is 17.0 Å². The van der Waals surface area contributed by atoms with Gasteiger partial charge in [0.15, 0.2) is 0 Å². The van der Waals surface area contributed by atoms with Crippen LogP contribution in [0.1, 0.15) is 17.5 Å². The van der Waals surface area contributed by atoms with Crippen LogP contribution in [0.5, 0.6) is 0 Å². The Labute approximate surface area is 133 Å². The minimum atomic E-state index is -0.463. The number of nitrogens with one attached hydrogen (secondary N) is 1. The number of nitro groups is 1. The topological polar surface area (TPSA) is 75.5 Å². The highest BCUT2D eigenvalue weighted by atomic mass is 16.6. The Hall–Kier alpha value is -2.89. The Morgan fingerprint density at radius 2 is 1.96 bits per heavy atom. The third kappa shape index (κ3) is 3.15. The zero-order valence-corrected chi connectivity index (χ0v) is 12.8. The Kier molecular flexibility index (Phi) is 3.97. The summed E-state index contributed by atoms with van der Waals surface area (Å²) < 4.78 is 0. The van der Waals surface area contributed by atoms with Crippen molar-refractivity contribution in [2.75, 3.05) is 16.8 Å². The van der Waals surface area contributed by atoms with Gasteiger partial charge in [0.2, 0.25) is 0 Å². The molecule has 0 radical (unpaired) electrons. The minimum absolute atomic E-state index is 0.00166. The quantitative estimate of drug-likeness (QED) is 0.675. The predicted octanol–water partition coefficient (Wildman–Crippen LogP) is 3.89. The number of rotatable bonds is 2. The van der Waals surface area contributed by atoms with Gasteiger partial charge in [-0.25, -0.2) is 4.79 Å². The first-order valence-electron chi connectivity index (χ1n) is 7.47. The number of nitrogens with zero attached hydrogens (tertiary/aromatic N) is 2. The van der Waals surface area contributed by atoms with Gasteiger partial charge in [0.1, 0.15) is 0 Å². The summed E-state index contributed by atoms with van der Waals surface area (Å²) in [6.45, 7) is 2.70. The third-order valence-corrected chi connectivity index (χ3v) is 3.93. The lowest BCUT2D eigenvalue weighted by molar-refractivity contribution is -0.384. The van der Waals surface area contributed by atoms with Crippen LogP contribution in [-0.2, 0) is 6.42 Å². The van der Waals surface area contributed by atoms with Crippen molar-refractivity contribution in [3.8, 4) is 0 Å². The lowest BCUT2D eigenvalue weighted by atomic mass is 10.00. The number of carbonyl (C=O) groups excluding carboxylic acids is 1. The molecule has 2 aromatic rings. The van der Waals surface area contributed by atoms with Gasteiger partial charge in [-0.1, -0.05) is 17.7 Å². The number of hydrogen-bond donors (Lipinski definition) is 1. The summed E-state index contributed by atoms with van der Waals surface area (Å²) >= 11 is 0. The molecular formula is C17H17N3O3. The van der Waals surface area contributed by atoms with Crippen LogP contribution >= 0.6 is 0 Å². The number of nitro benzene ring substituents is 1. The zero-order chi connectivity index (χ0) is 16.4. The van der Waals surface area contributed by atoms with Gasteiger partial charge < -0.3 is 5.32 Å². The first-order chi connectivity index (χ1) is 11.0. The second-order valence-electron chi connectivity index (χ2n) is 5.62. The summed E-state index contributed by atoms with van der Waals surface area (Å²) in [5, 5.41) is 13.5. The molecule has 2 aromatic carbocycles. The van der Waals surface area contributed by atoms with Crippen LogP contribution in [-0.4, -0.2) is 17.5 Å². The molecule has 118 valence electrons. The SMILES string of the molecule is Cc1ccc2c(c1)CCCN2C(=O)Nc1ccc([N+](=O)[O-])cc1. The van der Waals surface area contributed by atoms with Crippen molar-refractivity contribution < 1.29 is 9.72 Å². The van der Waals surface area contributed by atoms with Gasteiger partial charge in [-0.3, -0.25) is 15.0 Å². The van der Waals surface area contributed by atoms with Crippen molar-refractivity contribution in [1.82, 2.24) is 0 Å². The van der Waals surface area contributed by atoms with Crippen molar-refractivity contribution in [2.24, 2.45) is 0 Å². The first-order valence-corrected chi connectivity index (χ1v) is 7.47. The van der Waals surface area contributed by atoms with Crippen LogP contribution in [0.2, 0.25) is 0 Å². The van der Waals surface area contributed by atoms with Gasteiger partial charge in [-0.15, -0.1) is 0 Å². The number of urea groups is 1. The summed E-state index contributed by atoms with van der Waals surface area (Å²) in [5.74, 6) is 0. The Balaban J connectivity index is 1.78. The van der Waals surface area contributed by atoms with Crippen LogP contribution in [0.3, 0.4) is 0 Å². The molecule has 6 nitrogen and oxygen atoms in total. The summed E-state index contributed by atoms with van der Waals surface area (Å²) in [5.41, 5.74) is 3.83. The number of anilines is 2. The molecule has 1 aliphatic rings. The number of aryl methyl sites for hydroxylation is 2. The standard InChI is InChI=1S/C17H17N3O3/c1-12-4-9-16-13(11-12)3-2-10-19(16)17(21)18-14-5-7-15(8-6-14)20(22)23/h4-9,11H,2-3,10H2,1H3,(H,18,21). The van der Waals surface area contributed by atoms with E-state index in [4.69, 9.17) is 0 Å². The molecule has 0 saturated carbocycles. The van der Waals surface area contributed by atoms with E-state index < -0.39 is 4.92 Å². The molecule has 3 rings (SSSR count). The number of hydrogen-bond acceptors (Lipinski definition) is 3. The van der Waals surface area contributed by atoms with Crippen molar-refractivity contribution in [3.63, 3.8) is 0 Å². The second-order valence-corrected chi connectivity index (χ2v) is 5.62. The fraction of sp³-hybridized carbons (Fsp3) is 0.235. The molecule has 0 bridgehead atoms. The summed E-state index contributed by atoms with van der Waals surface area (Å²) in [4.78, 5) is 24.4. The molecule has 0 unspecified atom stereocenters. The van der Waals surface area contributed by atoms with E-state index in [1.807, 2.05) is 19.1 Å². The highest BCUT2D eigenvalue weighted by molar-refractivity contribution is 6.02. The molecule has 2 amide bonds. The monoisotopic (exact) mass is 311 g/mol. The average Bonchev–Trinajstić information content (AvgIpc) is 2.54. The number of benzene rings is 2. The van der Waals surface area contributed by atoms with E-state index in [0.717, 1.165) is 18.5 Å². The maximum absolute atomic E-state index is 12.5. The molecule has 23 heavy (non-hydrogen) atoms. The fourth-order valence-corrected chi connectivity index (χ4v) is 2.79. The third-order valence-electron chi connectivity index (χ3n) is 3.93. The van der Waals surface area contributed by atoms with E-state index in [2.05, 4.69) is 11.4 Å². The fourth-order valence-electron chi connectivity index (χ4n) is 2.79. The summed E-state index contributed by atoms with van der Waals surface area (Å²) in [7, 11) is 0. The number of fused-ring (bicyclic) bond motifs is 1. The lowest BCUT2D eigenvalue weighted by Crippen LogP contribution is -2.38. The van der Waals surface area contributed by atoms with Gasteiger partial charge in [0, 0.05) is 30.1 Å². The van der Waals surface area contributed by atoms with Gasteiger partial charge in [0.25, 0.3) is 5.69 Å². The Morgan fingerprint density at radius 3 is 2.65 bits per heavy atom. The maximum atomic E-state index is 12.5. The van der Waals surface area contributed by atoms with Crippen molar-refractivity contribution in [2.45, 2.75) is 19.8 Å². The van der Waals surface area contributed by atoms with Crippen LogP contribution in [0.4, 0.5) is 21.9 Å². The lowest BCUT2D eigenvalue weighted by Gasteiger charge is -2.29. The van der Waals surface area contributed by atoms with Crippen LogP contribution in [0.15, 0.2) is 42.5 Å². The van der Waals surface area contributed by atoms with Gasteiger partial charge in [0.05, 0.1) is 4.92 Å². The van der Waals surface area contributed by atoms with Gasteiger partial charge >= 0.3 is 6.03 Å². The molecule has 1 heterocycles. The Bertz CT molecular complexity index is 756. The first kappa shape index (κ1) is 15.0. The molecule has 0 fully saturated rings. The summed E-state index contributed by atoms with van der Waals surface area (Å²) in [6.07, 6.45) is 1.89. The highest BCUT2D eigenvalue weighted by Gasteiger charge is 2.22. The van der Waals surface area contributed by atoms with Crippen molar-refractivity contribution >= 4 is 23.1 Å². The normalized spacial score (nSPS) is 13.3. The maximum Gasteiger partial charge on any atom is 0.326 e. The van der Waals surface area contributed by atoms with Crippen LogP contribution in [0.25, 0.3) is 0 Å². The second kappa shape index (κ2) is 6.08. The van der Waals surface area contributed by atoms with Gasteiger partial charge in [-0.05, 0) is 43.5 Å². The van der Waals surface area contributed by atoms with E-state index in [9.17, 15) is 14.9 Å². The van der Waals surface area contributed by atoms with E-state index >= 15 is 0 Å². The van der Waals surface area contributed by atoms with Gasteiger partial charge in [-0.2, -0.15) is 0 Å². The van der Waals surface area contributed by atoms with Crippen molar-refractivity contribution in [3.05, 3.63) is 63.7 Å². The molecule has 0 aliphatic carbocycles. The minimum Gasteiger partial charge on any atom is -0.308 e.